The third-order valence-corrected chi connectivity index (χ3v) is 4.44. The van der Waals surface area contributed by atoms with Gasteiger partial charge >= 0.3 is 0 Å². The fourth-order valence-corrected chi connectivity index (χ4v) is 3.32. The fourth-order valence-electron chi connectivity index (χ4n) is 3.10. The van der Waals surface area contributed by atoms with Crippen molar-refractivity contribution in [2.24, 2.45) is 0 Å². The van der Waals surface area contributed by atoms with Crippen molar-refractivity contribution in [2.45, 2.75) is 33.4 Å². The number of rotatable bonds is 6. The molecule has 0 atom stereocenters. The first-order valence-corrected chi connectivity index (χ1v) is 8.96. The summed E-state index contributed by atoms with van der Waals surface area (Å²) >= 11 is 5.05. The van der Waals surface area contributed by atoms with Gasteiger partial charge in [0, 0.05) is 43.4 Å². The van der Waals surface area contributed by atoms with Gasteiger partial charge in [-0.1, -0.05) is 6.07 Å². The monoisotopic (exact) mass is 361 g/mol. The van der Waals surface area contributed by atoms with E-state index >= 15 is 0 Å². The normalized spacial score (nSPS) is 14.2. The molecule has 1 aliphatic rings. The van der Waals surface area contributed by atoms with Gasteiger partial charge in [-0.05, 0) is 32.1 Å². The lowest BCUT2D eigenvalue weighted by atomic mass is 10.1. The smallest absolute Gasteiger partial charge is 0.256 e. The highest BCUT2D eigenvalue weighted by Gasteiger charge is 2.21. The van der Waals surface area contributed by atoms with E-state index in [1.807, 2.05) is 32.0 Å². The Morgan fingerprint density at radius 2 is 2.00 bits per heavy atom. The molecule has 0 aliphatic carbocycles. The highest BCUT2D eigenvalue weighted by molar-refractivity contribution is 7.71. The van der Waals surface area contributed by atoms with Crippen LogP contribution in [-0.2, 0) is 19.5 Å². The Morgan fingerprint density at radius 1 is 1.20 bits per heavy atom. The maximum Gasteiger partial charge on any atom is 0.256 e. The highest BCUT2D eigenvalue weighted by Crippen LogP contribution is 2.27. The van der Waals surface area contributed by atoms with Crippen molar-refractivity contribution < 1.29 is 9.47 Å². The van der Waals surface area contributed by atoms with Crippen molar-refractivity contribution in [3.8, 4) is 11.5 Å². The van der Waals surface area contributed by atoms with Gasteiger partial charge in [0.15, 0.2) is 4.77 Å². The summed E-state index contributed by atoms with van der Waals surface area (Å²) in [5.41, 5.74) is 2.71. The second-order valence-corrected chi connectivity index (χ2v) is 6.37. The Balaban J connectivity index is 1.80. The molecule has 3 rings (SSSR count). The molecule has 0 fully saturated rings. The van der Waals surface area contributed by atoms with E-state index in [-0.39, 0.29) is 5.56 Å². The molecule has 1 aliphatic heterocycles. The Morgan fingerprint density at radius 3 is 2.76 bits per heavy atom. The van der Waals surface area contributed by atoms with Gasteiger partial charge < -0.3 is 14.5 Å². The predicted molar refractivity (Wildman–Crippen MR) is 98.8 cm³/mol. The lowest BCUT2D eigenvalue weighted by Crippen LogP contribution is -2.35. The molecule has 0 unspecified atom stereocenters. The van der Waals surface area contributed by atoms with E-state index in [4.69, 9.17) is 21.7 Å². The summed E-state index contributed by atoms with van der Waals surface area (Å²) in [4.78, 5) is 20.2. The molecule has 0 saturated heterocycles. The average molecular weight is 361 g/mol. The van der Waals surface area contributed by atoms with E-state index < -0.39 is 0 Å². The number of ether oxygens (including phenoxy) is 2. The SMILES string of the molecule is CCOc1ccc(CN2CCc3[nH]c(=S)[nH]c(=O)c3C2)c(OCC)c1. The third kappa shape index (κ3) is 4.11. The van der Waals surface area contributed by atoms with Crippen molar-refractivity contribution in [1.82, 2.24) is 14.9 Å². The summed E-state index contributed by atoms with van der Waals surface area (Å²) in [6.45, 7) is 7.32. The molecule has 0 radical (unpaired) electrons. The minimum Gasteiger partial charge on any atom is -0.494 e. The Hall–Kier alpha value is -2.12. The molecule has 6 nitrogen and oxygen atoms in total. The minimum absolute atomic E-state index is 0.0971. The molecule has 1 aromatic carbocycles. The summed E-state index contributed by atoms with van der Waals surface area (Å²) in [6, 6.07) is 5.93. The van der Waals surface area contributed by atoms with E-state index in [9.17, 15) is 4.79 Å². The number of H-pyrrole nitrogens is 2. The molecule has 1 aromatic heterocycles. The first-order valence-electron chi connectivity index (χ1n) is 8.56. The molecular formula is C18H23N3O3S. The van der Waals surface area contributed by atoms with Crippen molar-refractivity contribution in [3.05, 3.63) is 50.1 Å². The van der Waals surface area contributed by atoms with Crippen LogP contribution in [0.15, 0.2) is 23.0 Å². The molecule has 2 heterocycles. The lowest BCUT2D eigenvalue weighted by Gasteiger charge is -2.28. The summed E-state index contributed by atoms with van der Waals surface area (Å²) in [5, 5.41) is 0. The number of nitrogens with one attached hydrogen (secondary N) is 2. The van der Waals surface area contributed by atoms with E-state index in [0.717, 1.165) is 47.8 Å². The summed E-state index contributed by atoms with van der Waals surface area (Å²) in [6.07, 6.45) is 0.782. The van der Waals surface area contributed by atoms with Crippen molar-refractivity contribution >= 4 is 12.2 Å². The first-order chi connectivity index (χ1) is 12.1. The molecule has 7 heteroatoms. The van der Waals surface area contributed by atoms with Crippen LogP contribution in [0.5, 0.6) is 11.5 Å². The van der Waals surface area contributed by atoms with E-state index in [1.54, 1.807) is 0 Å². The molecule has 0 bridgehead atoms. The quantitative estimate of drug-likeness (QED) is 0.774. The standard InChI is InChI=1S/C18H23N3O3S/c1-3-23-13-6-5-12(16(9-13)24-4-2)10-21-8-7-15-14(11-21)17(22)20-18(25)19-15/h5-6,9H,3-4,7-8,10-11H2,1-2H3,(H2,19,20,22,25). The average Bonchev–Trinajstić information content (AvgIpc) is 2.58. The van der Waals surface area contributed by atoms with E-state index in [1.165, 1.54) is 0 Å². The first kappa shape index (κ1) is 17.7. The topological polar surface area (TPSA) is 70.3 Å². The number of hydrogen-bond acceptors (Lipinski definition) is 5. The van der Waals surface area contributed by atoms with Crippen LogP contribution in [0.1, 0.15) is 30.7 Å². The summed E-state index contributed by atoms with van der Waals surface area (Å²) in [7, 11) is 0. The van der Waals surface area contributed by atoms with Gasteiger partial charge in [-0.15, -0.1) is 0 Å². The molecule has 2 N–H and O–H groups in total. The van der Waals surface area contributed by atoms with Crippen LogP contribution in [0.2, 0.25) is 0 Å². The van der Waals surface area contributed by atoms with Gasteiger partial charge in [-0.3, -0.25) is 14.7 Å². The van der Waals surface area contributed by atoms with Gasteiger partial charge in [-0.25, -0.2) is 0 Å². The molecule has 25 heavy (non-hydrogen) atoms. The molecule has 134 valence electrons. The van der Waals surface area contributed by atoms with Gasteiger partial charge in [0.05, 0.1) is 18.8 Å². The van der Waals surface area contributed by atoms with Crippen LogP contribution in [0.4, 0.5) is 0 Å². The van der Waals surface area contributed by atoms with Crippen molar-refractivity contribution in [3.63, 3.8) is 0 Å². The van der Waals surface area contributed by atoms with Crippen LogP contribution in [0, 0.1) is 4.77 Å². The third-order valence-electron chi connectivity index (χ3n) is 4.23. The van der Waals surface area contributed by atoms with Crippen LogP contribution < -0.4 is 15.0 Å². The largest absolute Gasteiger partial charge is 0.494 e. The maximum atomic E-state index is 12.2. The van der Waals surface area contributed by atoms with Gasteiger partial charge in [0.25, 0.3) is 5.56 Å². The second kappa shape index (κ2) is 7.84. The number of nitrogens with zero attached hydrogens (tertiary/aromatic N) is 1. The number of benzene rings is 1. The Kier molecular flexibility index (Phi) is 5.55. The van der Waals surface area contributed by atoms with Crippen molar-refractivity contribution in [1.29, 1.82) is 0 Å². The van der Waals surface area contributed by atoms with Gasteiger partial charge in [-0.2, -0.15) is 0 Å². The number of fused-ring (bicyclic) bond motifs is 1. The molecule has 0 amide bonds. The zero-order valence-electron chi connectivity index (χ0n) is 14.6. The fraction of sp³-hybridized carbons (Fsp3) is 0.444. The zero-order chi connectivity index (χ0) is 17.8. The number of hydrogen-bond donors (Lipinski definition) is 2. The highest BCUT2D eigenvalue weighted by atomic mass is 32.1. The molecule has 0 spiro atoms. The molecule has 2 aromatic rings. The Labute approximate surface area is 151 Å². The molecular weight excluding hydrogens is 338 g/mol. The van der Waals surface area contributed by atoms with E-state index in [0.29, 0.717) is 24.5 Å². The number of aromatic amines is 2. The van der Waals surface area contributed by atoms with Gasteiger partial charge in [0.2, 0.25) is 0 Å². The molecule has 0 saturated carbocycles. The van der Waals surface area contributed by atoms with Crippen LogP contribution in [0.3, 0.4) is 0 Å². The van der Waals surface area contributed by atoms with Crippen LogP contribution in [-0.4, -0.2) is 34.6 Å². The Bertz CT molecular complexity index is 859. The van der Waals surface area contributed by atoms with Crippen LogP contribution >= 0.6 is 12.2 Å². The van der Waals surface area contributed by atoms with Crippen LogP contribution in [0.25, 0.3) is 0 Å². The predicted octanol–water partition coefficient (Wildman–Crippen LogP) is 2.79. The maximum absolute atomic E-state index is 12.2. The second-order valence-electron chi connectivity index (χ2n) is 5.96. The van der Waals surface area contributed by atoms with Gasteiger partial charge in [0.1, 0.15) is 11.5 Å². The van der Waals surface area contributed by atoms with Crippen molar-refractivity contribution in [2.75, 3.05) is 19.8 Å². The number of aromatic nitrogens is 2. The summed E-state index contributed by atoms with van der Waals surface area (Å²) in [5.74, 6) is 1.64. The summed E-state index contributed by atoms with van der Waals surface area (Å²) < 4.78 is 11.7. The minimum atomic E-state index is -0.0971. The van der Waals surface area contributed by atoms with E-state index in [2.05, 4.69) is 14.9 Å². The zero-order valence-corrected chi connectivity index (χ0v) is 15.4. The lowest BCUT2D eigenvalue weighted by molar-refractivity contribution is 0.235.